The van der Waals surface area contributed by atoms with Crippen molar-refractivity contribution in [2.75, 3.05) is 26.4 Å². The third kappa shape index (κ3) is 4.46. The van der Waals surface area contributed by atoms with E-state index in [0.29, 0.717) is 22.6 Å². The molecule has 0 saturated heterocycles. The lowest BCUT2D eigenvalue weighted by molar-refractivity contribution is 0.200. The number of rotatable bonds is 9. The predicted octanol–water partition coefficient (Wildman–Crippen LogP) is 1.21. The van der Waals surface area contributed by atoms with Gasteiger partial charge in [0.05, 0.1) is 23.0 Å². The highest BCUT2D eigenvalue weighted by molar-refractivity contribution is 8.67. The van der Waals surface area contributed by atoms with Gasteiger partial charge in [0.2, 0.25) is 0 Å². The molecule has 0 atom stereocenters. The van der Waals surface area contributed by atoms with Crippen LogP contribution >= 0.6 is 0 Å². The van der Waals surface area contributed by atoms with Crippen LogP contribution in [0.15, 0.2) is 46.2 Å². The molecule has 0 radical (unpaired) electrons. The molecule has 2 aromatic rings. The molecule has 0 aliphatic heterocycles. The van der Waals surface area contributed by atoms with Gasteiger partial charge in [0, 0.05) is 0 Å². The summed E-state index contributed by atoms with van der Waals surface area (Å²) in [5, 5.41) is 17.6. The van der Waals surface area contributed by atoms with E-state index in [1.807, 2.05) is 0 Å². The fourth-order valence-electron chi connectivity index (χ4n) is 2.44. The van der Waals surface area contributed by atoms with Gasteiger partial charge in [0.1, 0.15) is 24.7 Å². The number of aryl methyl sites for hydroxylation is 2. The molecular weight excluding hydrogens is 408 g/mol. The number of hydrogen-bond acceptors (Lipinski definition) is 8. The minimum absolute atomic E-state index is 0.0369. The second-order valence-electron chi connectivity index (χ2n) is 5.91. The van der Waals surface area contributed by atoms with Gasteiger partial charge < -0.3 is 19.7 Å². The van der Waals surface area contributed by atoms with Crippen LogP contribution in [-0.2, 0) is 17.7 Å². The van der Waals surface area contributed by atoms with E-state index in [9.17, 15) is 16.8 Å². The van der Waals surface area contributed by atoms with Crippen molar-refractivity contribution in [2.45, 2.75) is 23.6 Å². The molecule has 0 saturated carbocycles. The molecule has 0 bridgehead atoms. The van der Waals surface area contributed by atoms with Gasteiger partial charge in [-0.05, 0) is 61.4 Å². The highest BCUT2D eigenvalue weighted by Gasteiger charge is 2.34. The third-order valence-electron chi connectivity index (χ3n) is 3.86. The molecule has 0 aliphatic carbocycles. The summed E-state index contributed by atoms with van der Waals surface area (Å²) < 4.78 is 61.6. The zero-order valence-corrected chi connectivity index (χ0v) is 17.1. The van der Waals surface area contributed by atoms with E-state index in [-0.39, 0.29) is 36.2 Å². The van der Waals surface area contributed by atoms with Crippen LogP contribution in [0.1, 0.15) is 11.1 Å². The van der Waals surface area contributed by atoms with Crippen LogP contribution in [0.3, 0.4) is 0 Å². The Morgan fingerprint density at radius 2 is 1.07 bits per heavy atom. The Labute approximate surface area is 163 Å². The molecule has 0 heterocycles. The maximum absolute atomic E-state index is 12.8. The third-order valence-corrected chi connectivity index (χ3v) is 8.98. The molecule has 28 heavy (non-hydrogen) atoms. The summed E-state index contributed by atoms with van der Waals surface area (Å²) in [5.41, 5.74) is 0.849. The SMILES string of the molecule is Cc1cc(S(=O)(=O)S(=O)(=O)c2ccc(OCCO)c(C)c2)ccc1OCCO. The fourth-order valence-corrected chi connectivity index (χ4v) is 6.20. The fraction of sp³-hybridized carbons (Fsp3) is 0.333. The van der Waals surface area contributed by atoms with E-state index in [0.717, 1.165) is 12.1 Å². The minimum Gasteiger partial charge on any atom is -0.491 e. The van der Waals surface area contributed by atoms with E-state index < -0.39 is 17.7 Å². The largest absolute Gasteiger partial charge is 0.491 e. The number of aliphatic hydroxyl groups is 2. The summed E-state index contributed by atoms with van der Waals surface area (Å²) in [6.45, 7) is 2.83. The van der Waals surface area contributed by atoms with Crippen LogP contribution in [0, 0.1) is 13.8 Å². The average Bonchev–Trinajstić information content (AvgIpc) is 2.65. The summed E-state index contributed by atoms with van der Waals surface area (Å²) in [4.78, 5) is -0.751. The van der Waals surface area contributed by atoms with Crippen LogP contribution in [0.5, 0.6) is 11.5 Å². The Balaban J connectivity index is 2.41. The summed E-state index contributed by atoms with van der Waals surface area (Å²) in [6.07, 6.45) is 0. The highest BCUT2D eigenvalue weighted by atomic mass is 33.2. The zero-order valence-electron chi connectivity index (χ0n) is 15.5. The van der Waals surface area contributed by atoms with Gasteiger partial charge in [0.15, 0.2) is 0 Å². The molecule has 2 N–H and O–H groups in total. The molecule has 0 aromatic heterocycles. The van der Waals surface area contributed by atoms with Crippen molar-refractivity contribution in [2.24, 2.45) is 0 Å². The first-order chi connectivity index (χ1) is 13.1. The molecular formula is C18H22O8S2. The van der Waals surface area contributed by atoms with E-state index in [1.165, 1.54) is 24.3 Å². The van der Waals surface area contributed by atoms with Crippen molar-refractivity contribution in [3.63, 3.8) is 0 Å². The Hall–Kier alpha value is -2.14. The predicted molar refractivity (Wildman–Crippen MR) is 102 cm³/mol. The van der Waals surface area contributed by atoms with Gasteiger partial charge in [-0.25, -0.2) is 16.8 Å². The molecule has 0 fully saturated rings. The van der Waals surface area contributed by atoms with Crippen molar-refractivity contribution in [3.8, 4) is 11.5 Å². The number of aliphatic hydroxyl groups excluding tert-OH is 2. The molecule has 8 nitrogen and oxygen atoms in total. The number of hydrogen-bond donors (Lipinski definition) is 2. The topological polar surface area (TPSA) is 127 Å². The molecule has 0 aliphatic rings. The Kier molecular flexibility index (Phi) is 7.05. The summed E-state index contributed by atoms with van der Waals surface area (Å²) >= 11 is 0. The lowest BCUT2D eigenvalue weighted by Crippen LogP contribution is -2.17. The smallest absolute Gasteiger partial charge is 0.286 e. The van der Waals surface area contributed by atoms with Crippen LogP contribution in [-0.4, -0.2) is 53.5 Å². The van der Waals surface area contributed by atoms with Gasteiger partial charge in [-0.2, -0.15) is 0 Å². The summed E-state index contributed by atoms with van der Waals surface area (Å²) in [5.74, 6) is 0.707. The minimum atomic E-state index is -4.71. The van der Waals surface area contributed by atoms with Gasteiger partial charge in [0.25, 0.3) is 17.7 Å². The molecule has 0 unspecified atom stereocenters. The summed E-state index contributed by atoms with van der Waals surface area (Å²) in [6, 6.07) is 7.43. The zero-order chi connectivity index (χ0) is 20.9. The van der Waals surface area contributed by atoms with Crippen LogP contribution in [0.2, 0.25) is 0 Å². The van der Waals surface area contributed by atoms with Gasteiger partial charge in [-0.15, -0.1) is 0 Å². The molecule has 2 rings (SSSR count). The quantitative estimate of drug-likeness (QED) is 0.568. The van der Waals surface area contributed by atoms with E-state index in [1.54, 1.807) is 13.8 Å². The maximum atomic E-state index is 12.8. The average molecular weight is 431 g/mol. The highest BCUT2D eigenvalue weighted by Crippen LogP contribution is 2.30. The maximum Gasteiger partial charge on any atom is 0.286 e. The Morgan fingerprint density at radius 3 is 1.36 bits per heavy atom. The lowest BCUT2D eigenvalue weighted by Gasteiger charge is -2.12. The normalized spacial score (nSPS) is 12.0. The van der Waals surface area contributed by atoms with Crippen LogP contribution < -0.4 is 9.47 Å². The van der Waals surface area contributed by atoms with Crippen LogP contribution in [0.25, 0.3) is 0 Å². The van der Waals surface area contributed by atoms with Gasteiger partial charge >= 0.3 is 0 Å². The Morgan fingerprint density at radius 1 is 0.714 bits per heavy atom. The molecule has 2 aromatic carbocycles. The lowest BCUT2D eigenvalue weighted by atomic mass is 10.2. The summed E-state index contributed by atoms with van der Waals surface area (Å²) in [7, 11) is -9.42. The van der Waals surface area contributed by atoms with Crippen molar-refractivity contribution in [1.82, 2.24) is 0 Å². The van der Waals surface area contributed by atoms with Crippen molar-refractivity contribution in [1.29, 1.82) is 0 Å². The molecule has 154 valence electrons. The van der Waals surface area contributed by atoms with Gasteiger partial charge in [-0.3, -0.25) is 0 Å². The van der Waals surface area contributed by atoms with Crippen LogP contribution in [0.4, 0.5) is 0 Å². The molecule has 0 amide bonds. The second kappa shape index (κ2) is 8.91. The number of benzene rings is 2. The monoisotopic (exact) mass is 430 g/mol. The number of ether oxygens (including phenoxy) is 2. The first-order valence-corrected chi connectivity index (χ1v) is 11.8. The van der Waals surface area contributed by atoms with E-state index >= 15 is 0 Å². The van der Waals surface area contributed by atoms with E-state index in [2.05, 4.69) is 0 Å². The Bertz CT molecular complexity index is 958. The van der Waals surface area contributed by atoms with Crippen molar-refractivity contribution < 1.29 is 36.5 Å². The first kappa shape index (κ1) is 22.2. The van der Waals surface area contributed by atoms with Gasteiger partial charge in [-0.1, -0.05) is 0 Å². The standard InChI is InChI=1S/C18H22O8S2/c1-13-11-15(3-5-17(13)25-9-7-19)27(21,22)28(23,24)16-4-6-18(14(2)12-16)26-10-8-20/h3-6,11-12,19-20H,7-10H2,1-2H3. The van der Waals surface area contributed by atoms with E-state index in [4.69, 9.17) is 19.7 Å². The molecule has 10 heteroatoms. The molecule has 0 spiro atoms. The van der Waals surface area contributed by atoms with Crippen molar-refractivity contribution in [3.05, 3.63) is 47.5 Å². The van der Waals surface area contributed by atoms with Crippen molar-refractivity contribution >= 4 is 17.7 Å². The second-order valence-corrected chi connectivity index (χ2v) is 11.3. The first-order valence-electron chi connectivity index (χ1n) is 8.34.